The highest BCUT2D eigenvalue weighted by molar-refractivity contribution is 7.12. The fourth-order valence-corrected chi connectivity index (χ4v) is 1.84. The number of hydrogen-bond donors (Lipinski definition) is 0. The van der Waals surface area contributed by atoms with E-state index < -0.39 is 0 Å². The molecule has 15 heavy (non-hydrogen) atoms. The number of hydrogen-bond acceptors (Lipinski definition) is 4. The number of aryl methyl sites for hydroxylation is 1. The van der Waals surface area contributed by atoms with Crippen molar-refractivity contribution in [1.82, 2.24) is 14.3 Å². The fraction of sp³-hybridized carbons (Fsp3) is 0.222. The van der Waals surface area contributed by atoms with Gasteiger partial charge >= 0.3 is 5.69 Å². The molecule has 5 nitrogen and oxygen atoms in total. The average Bonchev–Trinajstić information content (AvgIpc) is 2.83. The third-order valence-corrected chi connectivity index (χ3v) is 2.89. The van der Waals surface area contributed by atoms with Crippen molar-refractivity contribution in [2.45, 2.75) is 6.54 Å². The van der Waals surface area contributed by atoms with E-state index in [0.717, 1.165) is 4.68 Å². The Kier molecular flexibility index (Phi) is 2.51. The van der Waals surface area contributed by atoms with Gasteiger partial charge in [-0.2, -0.15) is 5.10 Å². The largest absolute Gasteiger partial charge is 0.345 e. The summed E-state index contributed by atoms with van der Waals surface area (Å²) < 4.78 is 2.49. The molecule has 2 heterocycles. The first kappa shape index (κ1) is 9.85. The molecule has 2 aromatic rings. The second-order valence-corrected chi connectivity index (χ2v) is 4.03. The maximum Gasteiger partial charge on any atom is 0.345 e. The van der Waals surface area contributed by atoms with Gasteiger partial charge in [0.1, 0.15) is 12.9 Å². The van der Waals surface area contributed by atoms with Crippen LogP contribution in [0.3, 0.4) is 0 Å². The summed E-state index contributed by atoms with van der Waals surface area (Å²) in [6, 6.07) is 3.54. The van der Waals surface area contributed by atoms with Crippen LogP contribution in [0.5, 0.6) is 0 Å². The highest BCUT2D eigenvalue weighted by Gasteiger charge is 2.10. The Labute approximate surface area is 89.6 Å². The number of aromatic nitrogens is 3. The Morgan fingerprint density at radius 1 is 1.60 bits per heavy atom. The molecule has 0 fully saturated rings. The van der Waals surface area contributed by atoms with E-state index in [-0.39, 0.29) is 18.0 Å². The lowest BCUT2D eigenvalue weighted by Gasteiger charge is -1.96. The Morgan fingerprint density at radius 2 is 2.40 bits per heavy atom. The van der Waals surface area contributed by atoms with Gasteiger partial charge in [-0.05, 0) is 11.4 Å². The topological polar surface area (TPSA) is 56.9 Å². The minimum atomic E-state index is -0.278. The Bertz CT molecular complexity index is 524. The molecule has 0 bridgehead atoms. The van der Waals surface area contributed by atoms with Gasteiger partial charge in [0.05, 0.1) is 4.88 Å². The molecule has 0 saturated carbocycles. The van der Waals surface area contributed by atoms with Crippen LogP contribution in [0, 0.1) is 0 Å². The molecule has 0 spiro atoms. The number of nitrogens with zero attached hydrogens (tertiary/aromatic N) is 3. The second-order valence-electron chi connectivity index (χ2n) is 3.08. The number of ketones is 1. The molecule has 0 aromatic carbocycles. The first-order valence-electron chi connectivity index (χ1n) is 4.33. The van der Waals surface area contributed by atoms with Crippen LogP contribution < -0.4 is 5.69 Å². The Balaban J connectivity index is 2.20. The predicted molar refractivity (Wildman–Crippen MR) is 56.1 cm³/mol. The third kappa shape index (κ3) is 1.89. The fourth-order valence-electron chi connectivity index (χ4n) is 1.18. The molecule has 0 amide bonds. The number of carbonyl (C=O) groups is 1. The molecule has 0 atom stereocenters. The molecule has 0 aliphatic carbocycles. The summed E-state index contributed by atoms with van der Waals surface area (Å²) in [6.45, 7) is 0.000185. The minimum absolute atomic E-state index is 0.000185. The van der Waals surface area contributed by atoms with Gasteiger partial charge in [0.2, 0.25) is 0 Å². The Hall–Kier alpha value is -1.69. The van der Waals surface area contributed by atoms with Gasteiger partial charge in [-0.1, -0.05) is 6.07 Å². The third-order valence-electron chi connectivity index (χ3n) is 1.98. The zero-order valence-corrected chi connectivity index (χ0v) is 8.90. The summed E-state index contributed by atoms with van der Waals surface area (Å²) >= 11 is 1.36. The minimum Gasteiger partial charge on any atom is -0.291 e. The van der Waals surface area contributed by atoms with Gasteiger partial charge in [0.15, 0.2) is 5.78 Å². The molecular formula is C9H9N3O2S. The summed E-state index contributed by atoms with van der Waals surface area (Å²) in [4.78, 5) is 23.7. The van der Waals surface area contributed by atoms with E-state index in [1.165, 1.54) is 22.2 Å². The van der Waals surface area contributed by atoms with Crippen LogP contribution in [0.4, 0.5) is 0 Å². The highest BCUT2D eigenvalue weighted by Crippen LogP contribution is 2.09. The van der Waals surface area contributed by atoms with Crippen LogP contribution >= 0.6 is 11.3 Å². The summed E-state index contributed by atoms with van der Waals surface area (Å²) in [5, 5.41) is 5.64. The maximum absolute atomic E-state index is 11.6. The smallest absolute Gasteiger partial charge is 0.291 e. The van der Waals surface area contributed by atoms with Crippen molar-refractivity contribution in [1.29, 1.82) is 0 Å². The van der Waals surface area contributed by atoms with Crippen LogP contribution in [0.25, 0.3) is 0 Å². The van der Waals surface area contributed by atoms with Crippen molar-refractivity contribution in [2.24, 2.45) is 7.05 Å². The van der Waals surface area contributed by atoms with Crippen molar-refractivity contribution >= 4 is 17.1 Å². The highest BCUT2D eigenvalue weighted by atomic mass is 32.1. The number of rotatable bonds is 3. The summed E-state index contributed by atoms with van der Waals surface area (Å²) in [5.41, 5.74) is -0.278. The van der Waals surface area contributed by atoms with Crippen LogP contribution in [-0.4, -0.2) is 20.1 Å². The monoisotopic (exact) mass is 223 g/mol. The lowest BCUT2D eigenvalue weighted by Crippen LogP contribution is -2.26. The van der Waals surface area contributed by atoms with Crippen molar-refractivity contribution < 1.29 is 4.79 Å². The summed E-state index contributed by atoms with van der Waals surface area (Å²) in [6.07, 6.45) is 1.39. The van der Waals surface area contributed by atoms with Gasteiger partial charge in [-0.15, -0.1) is 11.3 Å². The molecule has 0 saturated heterocycles. The zero-order valence-electron chi connectivity index (χ0n) is 8.08. The van der Waals surface area contributed by atoms with Gasteiger partial charge in [-0.3, -0.25) is 9.36 Å². The maximum atomic E-state index is 11.6. The first-order valence-corrected chi connectivity index (χ1v) is 5.21. The predicted octanol–water partition coefficient (Wildman–Crippen LogP) is 0.526. The molecule has 0 aliphatic heterocycles. The van der Waals surface area contributed by atoms with E-state index in [2.05, 4.69) is 5.10 Å². The van der Waals surface area contributed by atoms with Gasteiger partial charge in [0.25, 0.3) is 0 Å². The second kappa shape index (κ2) is 3.82. The molecule has 0 unspecified atom stereocenters. The first-order chi connectivity index (χ1) is 7.18. The molecular weight excluding hydrogens is 214 g/mol. The summed E-state index contributed by atoms with van der Waals surface area (Å²) in [7, 11) is 1.60. The quantitative estimate of drug-likeness (QED) is 0.713. The zero-order chi connectivity index (χ0) is 10.8. The van der Waals surface area contributed by atoms with Gasteiger partial charge in [0, 0.05) is 7.05 Å². The van der Waals surface area contributed by atoms with E-state index in [4.69, 9.17) is 0 Å². The van der Waals surface area contributed by atoms with E-state index in [1.807, 2.05) is 5.38 Å². The van der Waals surface area contributed by atoms with Crippen LogP contribution in [0.15, 0.2) is 28.6 Å². The molecule has 0 aliphatic rings. The molecule has 0 N–H and O–H groups in total. The molecule has 2 rings (SSSR count). The van der Waals surface area contributed by atoms with Crippen molar-refractivity contribution in [3.05, 3.63) is 39.2 Å². The SMILES string of the molecule is Cn1cnn(CC(=O)c2cccs2)c1=O. The molecule has 0 radical (unpaired) electrons. The molecule has 78 valence electrons. The van der Waals surface area contributed by atoms with E-state index in [0.29, 0.717) is 4.88 Å². The molecule has 2 aromatic heterocycles. The Morgan fingerprint density at radius 3 is 2.93 bits per heavy atom. The van der Waals surface area contributed by atoms with E-state index in [9.17, 15) is 9.59 Å². The van der Waals surface area contributed by atoms with Crippen molar-refractivity contribution in [2.75, 3.05) is 0 Å². The van der Waals surface area contributed by atoms with Crippen LogP contribution in [0.2, 0.25) is 0 Å². The lowest BCUT2D eigenvalue weighted by atomic mass is 10.3. The standard InChI is InChI=1S/C9H9N3O2S/c1-11-6-10-12(9(11)14)5-7(13)8-3-2-4-15-8/h2-4,6H,5H2,1H3. The van der Waals surface area contributed by atoms with E-state index >= 15 is 0 Å². The number of Topliss-reactive ketones (excluding diaryl/α,β-unsaturated/α-hetero) is 1. The van der Waals surface area contributed by atoms with Crippen LogP contribution in [-0.2, 0) is 13.6 Å². The lowest BCUT2D eigenvalue weighted by molar-refractivity contribution is 0.0970. The summed E-state index contributed by atoms with van der Waals surface area (Å²) in [5.74, 6) is -0.0919. The van der Waals surface area contributed by atoms with Gasteiger partial charge < -0.3 is 0 Å². The van der Waals surface area contributed by atoms with Crippen LogP contribution in [0.1, 0.15) is 9.67 Å². The number of thiophene rings is 1. The normalized spacial score (nSPS) is 10.5. The van der Waals surface area contributed by atoms with Crippen molar-refractivity contribution in [3.8, 4) is 0 Å². The average molecular weight is 223 g/mol. The molecule has 6 heteroatoms. The van der Waals surface area contributed by atoms with Crippen molar-refractivity contribution in [3.63, 3.8) is 0 Å². The number of carbonyl (C=O) groups excluding carboxylic acids is 1. The van der Waals surface area contributed by atoms with E-state index in [1.54, 1.807) is 19.2 Å². The van der Waals surface area contributed by atoms with Gasteiger partial charge in [-0.25, -0.2) is 9.48 Å².